The Bertz CT molecular complexity index is 159. The molecular formula is C8H17ClN2S. The van der Waals surface area contributed by atoms with E-state index in [9.17, 15) is 0 Å². The van der Waals surface area contributed by atoms with Crippen LogP contribution >= 0.6 is 24.6 Å². The lowest BCUT2D eigenvalue weighted by molar-refractivity contribution is 0.525. The van der Waals surface area contributed by atoms with Crippen molar-refractivity contribution in [1.29, 1.82) is 0 Å². The van der Waals surface area contributed by atoms with Gasteiger partial charge >= 0.3 is 0 Å². The van der Waals surface area contributed by atoms with Gasteiger partial charge in [-0.3, -0.25) is 0 Å². The molecule has 12 heavy (non-hydrogen) atoms. The highest BCUT2D eigenvalue weighted by Crippen LogP contribution is 1.86. The van der Waals surface area contributed by atoms with Gasteiger partial charge < -0.3 is 10.2 Å². The van der Waals surface area contributed by atoms with Crippen LogP contribution in [0.3, 0.4) is 0 Å². The lowest BCUT2D eigenvalue weighted by atomic mass is 10.3. The zero-order valence-corrected chi connectivity index (χ0v) is 9.52. The van der Waals surface area contributed by atoms with Crippen LogP contribution in [0, 0.1) is 0 Å². The molecule has 0 amide bonds. The van der Waals surface area contributed by atoms with E-state index in [0.717, 1.165) is 23.8 Å². The minimum Gasteiger partial charge on any atom is -0.359 e. The first-order valence-corrected chi connectivity index (χ1v) is 4.12. The molecule has 0 aliphatic rings. The summed E-state index contributed by atoms with van der Waals surface area (Å²) in [6.45, 7) is 9.51. The molecule has 72 valence electrons. The zero-order valence-electron chi connectivity index (χ0n) is 7.89. The summed E-state index contributed by atoms with van der Waals surface area (Å²) in [5.41, 5.74) is 1.09. The van der Waals surface area contributed by atoms with E-state index in [1.54, 1.807) is 0 Å². The molecule has 0 aliphatic carbocycles. The molecule has 0 aromatic carbocycles. The minimum absolute atomic E-state index is 0. The van der Waals surface area contributed by atoms with Crippen molar-refractivity contribution in [2.45, 2.75) is 13.8 Å². The van der Waals surface area contributed by atoms with Crippen LogP contribution in [-0.2, 0) is 0 Å². The summed E-state index contributed by atoms with van der Waals surface area (Å²) >= 11 is 5.07. The second-order valence-electron chi connectivity index (χ2n) is 2.63. The van der Waals surface area contributed by atoms with E-state index in [4.69, 9.17) is 12.2 Å². The third kappa shape index (κ3) is 6.43. The monoisotopic (exact) mass is 208 g/mol. The van der Waals surface area contributed by atoms with E-state index in [0.29, 0.717) is 0 Å². The molecular weight excluding hydrogens is 192 g/mol. The van der Waals surface area contributed by atoms with Gasteiger partial charge in [0.15, 0.2) is 5.11 Å². The molecule has 0 bridgehead atoms. The molecule has 0 saturated heterocycles. The van der Waals surface area contributed by atoms with Gasteiger partial charge in [-0.05, 0) is 26.1 Å². The van der Waals surface area contributed by atoms with Gasteiger partial charge in [0, 0.05) is 20.1 Å². The van der Waals surface area contributed by atoms with Crippen molar-refractivity contribution in [2.24, 2.45) is 0 Å². The van der Waals surface area contributed by atoms with Gasteiger partial charge in [-0.25, -0.2) is 0 Å². The summed E-state index contributed by atoms with van der Waals surface area (Å²) in [6.07, 6.45) is 0. The SMILES string of the molecule is C=C(C)CNC(=S)N(C)CC.Cl. The summed E-state index contributed by atoms with van der Waals surface area (Å²) < 4.78 is 0. The van der Waals surface area contributed by atoms with Crippen molar-refractivity contribution < 1.29 is 0 Å². The van der Waals surface area contributed by atoms with E-state index in [1.807, 2.05) is 18.9 Å². The van der Waals surface area contributed by atoms with Crippen LogP contribution in [0.15, 0.2) is 12.2 Å². The molecule has 0 spiro atoms. The average molecular weight is 209 g/mol. The number of nitrogens with one attached hydrogen (secondary N) is 1. The summed E-state index contributed by atoms with van der Waals surface area (Å²) in [5.74, 6) is 0. The molecule has 0 rings (SSSR count). The first kappa shape index (κ1) is 14.3. The van der Waals surface area contributed by atoms with Crippen LogP contribution in [0.2, 0.25) is 0 Å². The maximum Gasteiger partial charge on any atom is 0.168 e. The highest BCUT2D eigenvalue weighted by atomic mass is 35.5. The van der Waals surface area contributed by atoms with Crippen LogP contribution in [0.1, 0.15) is 13.8 Å². The van der Waals surface area contributed by atoms with Crippen LogP contribution in [0.5, 0.6) is 0 Å². The van der Waals surface area contributed by atoms with Crippen molar-refractivity contribution in [2.75, 3.05) is 20.1 Å². The molecule has 4 heteroatoms. The Morgan fingerprint density at radius 3 is 2.42 bits per heavy atom. The Balaban J connectivity index is 0. The normalized spacial score (nSPS) is 8.25. The third-order valence-corrected chi connectivity index (χ3v) is 1.82. The molecule has 0 heterocycles. The molecule has 0 unspecified atom stereocenters. The Kier molecular flexibility index (Phi) is 8.76. The smallest absolute Gasteiger partial charge is 0.168 e. The Morgan fingerprint density at radius 2 is 2.08 bits per heavy atom. The number of hydrogen-bond acceptors (Lipinski definition) is 1. The Hall–Kier alpha value is -0.280. The van der Waals surface area contributed by atoms with Gasteiger partial charge in [0.25, 0.3) is 0 Å². The summed E-state index contributed by atoms with van der Waals surface area (Å²) in [4.78, 5) is 1.98. The van der Waals surface area contributed by atoms with Crippen LogP contribution in [-0.4, -0.2) is 30.1 Å². The Morgan fingerprint density at radius 1 is 1.58 bits per heavy atom. The van der Waals surface area contributed by atoms with Crippen molar-refractivity contribution in [3.63, 3.8) is 0 Å². The number of nitrogens with zero attached hydrogens (tertiary/aromatic N) is 1. The molecule has 1 N–H and O–H groups in total. The lowest BCUT2D eigenvalue weighted by Crippen LogP contribution is -2.37. The molecule has 0 atom stereocenters. The predicted octanol–water partition coefficient (Wildman–Crippen LogP) is 1.81. The van der Waals surface area contributed by atoms with Crippen LogP contribution < -0.4 is 5.32 Å². The standard InChI is InChI=1S/C8H16N2S.ClH/c1-5-10(4)8(11)9-6-7(2)3;/h2,5-6H2,1,3-4H3,(H,9,11);1H. The largest absolute Gasteiger partial charge is 0.359 e. The average Bonchev–Trinajstić information content (AvgIpc) is 1.98. The van der Waals surface area contributed by atoms with Crippen molar-refractivity contribution in [1.82, 2.24) is 10.2 Å². The molecule has 0 saturated carbocycles. The quantitative estimate of drug-likeness (QED) is 0.563. The fourth-order valence-corrected chi connectivity index (χ4v) is 0.706. The lowest BCUT2D eigenvalue weighted by Gasteiger charge is -2.18. The summed E-state index contributed by atoms with van der Waals surface area (Å²) in [6, 6.07) is 0. The first-order chi connectivity index (χ1) is 5.07. The van der Waals surface area contributed by atoms with Crippen LogP contribution in [0.4, 0.5) is 0 Å². The van der Waals surface area contributed by atoms with Gasteiger partial charge in [0.2, 0.25) is 0 Å². The molecule has 2 nitrogen and oxygen atoms in total. The number of rotatable bonds is 3. The molecule has 0 radical (unpaired) electrons. The second kappa shape index (κ2) is 7.37. The third-order valence-electron chi connectivity index (χ3n) is 1.36. The van der Waals surface area contributed by atoms with Gasteiger partial charge in [-0.1, -0.05) is 12.2 Å². The van der Waals surface area contributed by atoms with E-state index in [-0.39, 0.29) is 12.4 Å². The number of halogens is 1. The molecule has 0 aromatic rings. The number of hydrogen-bond donors (Lipinski definition) is 1. The van der Waals surface area contributed by atoms with E-state index >= 15 is 0 Å². The van der Waals surface area contributed by atoms with Crippen LogP contribution in [0.25, 0.3) is 0 Å². The van der Waals surface area contributed by atoms with Gasteiger partial charge in [-0.15, -0.1) is 12.4 Å². The molecule has 0 aromatic heterocycles. The number of thiocarbonyl (C=S) groups is 1. The molecule has 0 aliphatic heterocycles. The van der Waals surface area contributed by atoms with E-state index < -0.39 is 0 Å². The molecule has 0 fully saturated rings. The van der Waals surface area contributed by atoms with Gasteiger partial charge in [0.05, 0.1) is 0 Å². The highest BCUT2D eigenvalue weighted by Gasteiger charge is 1.98. The fourth-order valence-electron chi connectivity index (χ4n) is 0.505. The minimum atomic E-state index is 0. The fraction of sp³-hybridized carbons (Fsp3) is 0.625. The van der Waals surface area contributed by atoms with Crippen molar-refractivity contribution >= 4 is 29.7 Å². The van der Waals surface area contributed by atoms with Crippen molar-refractivity contribution in [3.8, 4) is 0 Å². The van der Waals surface area contributed by atoms with Crippen molar-refractivity contribution in [3.05, 3.63) is 12.2 Å². The highest BCUT2D eigenvalue weighted by molar-refractivity contribution is 7.80. The second-order valence-corrected chi connectivity index (χ2v) is 3.02. The van der Waals surface area contributed by atoms with Gasteiger partial charge in [0.1, 0.15) is 0 Å². The predicted molar refractivity (Wildman–Crippen MR) is 61.0 cm³/mol. The zero-order chi connectivity index (χ0) is 8.85. The van der Waals surface area contributed by atoms with Gasteiger partial charge in [-0.2, -0.15) is 0 Å². The summed E-state index contributed by atoms with van der Waals surface area (Å²) in [5, 5.41) is 3.88. The summed E-state index contributed by atoms with van der Waals surface area (Å²) in [7, 11) is 1.97. The maximum absolute atomic E-state index is 5.07. The van der Waals surface area contributed by atoms with E-state index in [1.165, 1.54) is 0 Å². The first-order valence-electron chi connectivity index (χ1n) is 3.71. The topological polar surface area (TPSA) is 15.3 Å². The Labute approximate surface area is 86.4 Å². The maximum atomic E-state index is 5.07. The van der Waals surface area contributed by atoms with E-state index in [2.05, 4.69) is 18.8 Å².